The highest BCUT2D eigenvalue weighted by atomic mass is 32.1. The standard InChI is InChI=1S/C15H29N5OS/c1-6-16-15(17-7-8-20(4)9-10-21-5)18-11-14-12(2)19-13(3)22-14/h6-11H2,1-5H3,(H2,16,17,18). The number of methoxy groups -OCH3 is 1. The highest BCUT2D eigenvalue weighted by Crippen LogP contribution is 2.17. The lowest BCUT2D eigenvalue weighted by atomic mass is 10.4. The van der Waals surface area contributed by atoms with E-state index in [1.54, 1.807) is 18.4 Å². The molecular weight excluding hydrogens is 298 g/mol. The fraction of sp³-hybridized carbons (Fsp3) is 0.733. The van der Waals surface area contributed by atoms with Crippen LogP contribution in [-0.2, 0) is 11.3 Å². The van der Waals surface area contributed by atoms with Crippen molar-refractivity contribution in [2.45, 2.75) is 27.3 Å². The summed E-state index contributed by atoms with van der Waals surface area (Å²) in [6, 6.07) is 0. The molecule has 0 radical (unpaired) electrons. The molecule has 0 aliphatic heterocycles. The van der Waals surface area contributed by atoms with Crippen molar-refractivity contribution in [3.63, 3.8) is 0 Å². The van der Waals surface area contributed by atoms with Gasteiger partial charge in [-0.05, 0) is 27.8 Å². The zero-order chi connectivity index (χ0) is 16.4. The van der Waals surface area contributed by atoms with Crippen LogP contribution in [0.15, 0.2) is 4.99 Å². The molecule has 0 aliphatic carbocycles. The average Bonchev–Trinajstić information content (AvgIpc) is 2.80. The number of guanidine groups is 1. The van der Waals surface area contributed by atoms with Gasteiger partial charge in [0, 0.05) is 38.2 Å². The molecule has 0 spiro atoms. The Kier molecular flexibility index (Phi) is 9.03. The first kappa shape index (κ1) is 18.9. The van der Waals surface area contributed by atoms with Crippen molar-refractivity contribution < 1.29 is 4.74 Å². The number of nitrogens with one attached hydrogen (secondary N) is 2. The topological polar surface area (TPSA) is 61.8 Å². The second-order valence-electron chi connectivity index (χ2n) is 5.16. The van der Waals surface area contributed by atoms with E-state index < -0.39 is 0 Å². The maximum Gasteiger partial charge on any atom is 0.191 e. The number of rotatable bonds is 9. The van der Waals surface area contributed by atoms with Crippen LogP contribution in [0.3, 0.4) is 0 Å². The van der Waals surface area contributed by atoms with Crippen LogP contribution in [0.1, 0.15) is 22.5 Å². The van der Waals surface area contributed by atoms with Crippen LogP contribution in [0, 0.1) is 13.8 Å². The Morgan fingerprint density at radius 3 is 2.68 bits per heavy atom. The molecule has 0 saturated carbocycles. The fourth-order valence-electron chi connectivity index (χ4n) is 1.94. The van der Waals surface area contributed by atoms with Gasteiger partial charge in [-0.15, -0.1) is 11.3 Å². The molecule has 0 atom stereocenters. The third kappa shape index (κ3) is 7.20. The van der Waals surface area contributed by atoms with Crippen molar-refractivity contribution in [2.75, 3.05) is 46.9 Å². The van der Waals surface area contributed by atoms with Gasteiger partial charge in [-0.2, -0.15) is 0 Å². The van der Waals surface area contributed by atoms with Gasteiger partial charge >= 0.3 is 0 Å². The van der Waals surface area contributed by atoms with E-state index in [1.165, 1.54) is 4.88 Å². The molecule has 7 heteroatoms. The molecule has 2 N–H and O–H groups in total. The van der Waals surface area contributed by atoms with Gasteiger partial charge in [-0.25, -0.2) is 9.98 Å². The van der Waals surface area contributed by atoms with Crippen LogP contribution in [0.4, 0.5) is 0 Å². The quantitative estimate of drug-likeness (QED) is 0.530. The summed E-state index contributed by atoms with van der Waals surface area (Å²) in [5.74, 6) is 0.855. The lowest BCUT2D eigenvalue weighted by molar-refractivity contribution is 0.162. The van der Waals surface area contributed by atoms with Crippen LogP contribution in [0.2, 0.25) is 0 Å². The molecule has 0 aliphatic rings. The molecule has 0 fully saturated rings. The van der Waals surface area contributed by atoms with Crippen molar-refractivity contribution in [2.24, 2.45) is 4.99 Å². The number of ether oxygens (including phenoxy) is 1. The molecule has 1 aromatic heterocycles. The maximum absolute atomic E-state index is 5.08. The predicted octanol–water partition coefficient (Wildman–Crippen LogP) is 1.39. The summed E-state index contributed by atoms with van der Waals surface area (Å²) >= 11 is 1.72. The summed E-state index contributed by atoms with van der Waals surface area (Å²) in [4.78, 5) is 12.5. The molecule has 0 unspecified atom stereocenters. The van der Waals surface area contributed by atoms with Gasteiger partial charge in [0.05, 0.1) is 23.9 Å². The normalized spacial score (nSPS) is 12.0. The van der Waals surface area contributed by atoms with Crippen LogP contribution in [0.25, 0.3) is 0 Å². The summed E-state index contributed by atoms with van der Waals surface area (Å²) in [7, 11) is 3.82. The molecule has 0 saturated heterocycles. The zero-order valence-corrected chi connectivity index (χ0v) is 15.2. The van der Waals surface area contributed by atoms with Crippen LogP contribution in [-0.4, -0.2) is 62.8 Å². The van der Waals surface area contributed by atoms with Gasteiger partial charge in [0.2, 0.25) is 0 Å². The monoisotopic (exact) mass is 327 g/mol. The lowest BCUT2D eigenvalue weighted by Gasteiger charge is -2.17. The summed E-state index contributed by atoms with van der Waals surface area (Å²) in [5, 5.41) is 7.74. The fourth-order valence-corrected chi connectivity index (χ4v) is 2.80. The third-order valence-electron chi connectivity index (χ3n) is 3.19. The number of nitrogens with zero attached hydrogens (tertiary/aromatic N) is 3. The Hall–Kier alpha value is -1.18. The van der Waals surface area contributed by atoms with Gasteiger partial charge in [0.15, 0.2) is 5.96 Å². The molecule has 126 valence electrons. The number of aromatic nitrogens is 1. The number of hydrogen-bond donors (Lipinski definition) is 2. The number of aliphatic imine (C=N–C) groups is 1. The Morgan fingerprint density at radius 1 is 1.32 bits per heavy atom. The smallest absolute Gasteiger partial charge is 0.191 e. The molecule has 1 rings (SSSR count). The summed E-state index contributed by atoms with van der Waals surface area (Å²) in [5.41, 5.74) is 1.08. The molecule has 0 bridgehead atoms. The Balaban J connectivity index is 2.43. The van der Waals surface area contributed by atoms with Gasteiger partial charge in [-0.3, -0.25) is 0 Å². The van der Waals surface area contributed by atoms with Crippen molar-refractivity contribution in [1.82, 2.24) is 20.5 Å². The zero-order valence-electron chi connectivity index (χ0n) is 14.4. The van der Waals surface area contributed by atoms with Gasteiger partial charge in [0.1, 0.15) is 0 Å². The molecule has 0 aromatic carbocycles. The van der Waals surface area contributed by atoms with Gasteiger partial charge < -0.3 is 20.3 Å². The van der Waals surface area contributed by atoms with E-state index in [0.717, 1.165) is 49.4 Å². The van der Waals surface area contributed by atoms with Crippen molar-refractivity contribution in [3.8, 4) is 0 Å². The van der Waals surface area contributed by atoms with E-state index in [0.29, 0.717) is 6.54 Å². The first-order valence-corrected chi connectivity index (χ1v) is 8.51. The Morgan fingerprint density at radius 2 is 2.09 bits per heavy atom. The van der Waals surface area contributed by atoms with E-state index in [9.17, 15) is 0 Å². The second kappa shape index (κ2) is 10.5. The predicted molar refractivity (Wildman–Crippen MR) is 93.8 cm³/mol. The molecule has 1 aromatic rings. The van der Waals surface area contributed by atoms with Crippen LogP contribution in [0.5, 0.6) is 0 Å². The van der Waals surface area contributed by atoms with Crippen molar-refractivity contribution in [1.29, 1.82) is 0 Å². The lowest BCUT2D eigenvalue weighted by Crippen LogP contribution is -2.41. The Bertz CT molecular complexity index is 461. The van der Waals surface area contributed by atoms with E-state index in [-0.39, 0.29) is 0 Å². The first-order chi connectivity index (χ1) is 10.6. The van der Waals surface area contributed by atoms with E-state index in [2.05, 4.69) is 39.5 Å². The molecule has 1 heterocycles. The second-order valence-corrected chi connectivity index (χ2v) is 6.45. The maximum atomic E-state index is 5.08. The number of hydrogen-bond acceptors (Lipinski definition) is 5. The highest BCUT2D eigenvalue weighted by Gasteiger charge is 2.05. The van der Waals surface area contributed by atoms with Crippen LogP contribution < -0.4 is 10.6 Å². The average molecular weight is 327 g/mol. The van der Waals surface area contributed by atoms with Gasteiger partial charge in [0.25, 0.3) is 0 Å². The van der Waals surface area contributed by atoms with E-state index >= 15 is 0 Å². The highest BCUT2D eigenvalue weighted by molar-refractivity contribution is 7.11. The van der Waals surface area contributed by atoms with E-state index in [1.807, 2.05) is 13.8 Å². The van der Waals surface area contributed by atoms with E-state index in [4.69, 9.17) is 4.74 Å². The van der Waals surface area contributed by atoms with Crippen molar-refractivity contribution >= 4 is 17.3 Å². The molecular formula is C15H29N5OS. The molecule has 0 amide bonds. The number of thiazole rings is 1. The largest absolute Gasteiger partial charge is 0.383 e. The molecule has 22 heavy (non-hydrogen) atoms. The number of aryl methyl sites for hydroxylation is 2. The van der Waals surface area contributed by atoms with Crippen LogP contribution >= 0.6 is 11.3 Å². The minimum Gasteiger partial charge on any atom is -0.383 e. The molecule has 6 nitrogen and oxygen atoms in total. The Labute approximate surface area is 138 Å². The number of likely N-dealkylation sites (N-methyl/N-ethyl adjacent to an activating group) is 1. The summed E-state index contributed by atoms with van der Waals surface area (Å²) in [6.07, 6.45) is 0. The van der Waals surface area contributed by atoms with Gasteiger partial charge in [-0.1, -0.05) is 0 Å². The summed E-state index contributed by atoms with van der Waals surface area (Å²) < 4.78 is 5.08. The van der Waals surface area contributed by atoms with Crippen molar-refractivity contribution in [3.05, 3.63) is 15.6 Å². The SMILES string of the molecule is CCNC(=NCc1sc(C)nc1C)NCCN(C)CCOC. The third-order valence-corrected chi connectivity index (χ3v) is 4.25. The minimum absolute atomic E-state index is 0.673. The summed E-state index contributed by atoms with van der Waals surface area (Å²) in [6.45, 7) is 11.2. The first-order valence-electron chi connectivity index (χ1n) is 7.69. The minimum atomic E-state index is 0.673.